The summed E-state index contributed by atoms with van der Waals surface area (Å²) in [6.07, 6.45) is 14.4. The molecule has 0 radical (unpaired) electrons. The quantitative estimate of drug-likeness (QED) is 0.252. The van der Waals surface area contributed by atoms with Gasteiger partial charge in [0, 0.05) is 24.8 Å². The zero-order valence-corrected chi connectivity index (χ0v) is 18.4. The lowest BCUT2D eigenvalue weighted by molar-refractivity contribution is -0.916. The van der Waals surface area contributed by atoms with Crippen LogP contribution in [0.5, 0.6) is 0 Å². The van der Waals surface area contributed by atoms with Gasteiger partial charge in [-0.3, -0.25) is 0 Å². The highest BCUT2D eigenvalue weighted by atomic mass is 15.3. The molecular weight excluding hydrogens is 326 g/mol. The standard InChI is InChI=1S/C26H42N/c1-5-7-8-9-10-11-12-13-23-14-16-24(17-15-23)25-18-20-26(21-19-25)27(3,4)22-6-2/h14-17,25-26H,5-11,18-22H2,1-4H3/q+1. The molecule has 0 aromatic heterocycles. The summed E-state index contributed by atoms with van der Waals surface area (Å²) < 4.78 is 1.20. The third-order valence-electron chi connectivity index (χ3n) is 6.51. The minimum Gasteiger partial charge on any atom is -0.326 e. The largest absolute Gasteiger partial charge is 0.326 e. The number of unbranched alkanes of at least 4 members (excludes halogenated alkanes) is 5. The van der Waals surface area contributed by atoms with E-state index in [1.165, 1.54) is 86.4 Å². The fourth-order valence-corrected chi connectivity index (χ4v) is 4.69. The van der Waals surface area contributed by atoms with Crippen molar-refractivity contribution < 1.29 is 4.48 Å². The first kappa shape index (κ1) is 22.0. The van der Waals surface area contributed by atoms with Gasteiger partial charge in [-0.15, -0.1) is 0 Å². The minimum absolute atomic E-state index is 0.753. The molecule has 0 heterocycles. The van der Waals surface area contributed by atoms with Gasteiger partial charge in [-0.25, -0.2) is 0 Å². The van der Waals surface area contributed by atoms with Gasteiger partial charge in [0.15, 0.2) is 0 Å². The summed E-state index contributed by atoms with van der Waals surface area (Å²) in [4.78, 5) is 0. The van der Waals surface area contributed by atoms with Gasteiger partial charge in [0.1, 0.15) is 0 Å². The Bertz CT molecular complexity index is 579. The number of benzene rings is 1. The van der Waals surface area contributed by atoms with E-state index >= 15 is 0 Å². The summed E-state index contributed by atoms with van der Waals surface area (Å²) in [5.41, 5.74) is 2.71. The van der Waals surface area contributed by atoms with Crippen molar-refractivity contribution in [3.8, 4) is 11.8 Å². The molecule has 1 heteroatoms. The number of rotatable bonds is 9. The van der Waals surface area contributed by atoms with Gasteiger partial charge in [-0.05, 0) is 49.3 Å². The van der Waals surface area contributed by atoms with E-state index in [2.05, 4.69) is 64.0 Å². The molecule has 1 saturated carbocycles. The first-order chi connectivity index (χ1) is 13.1. The van der Waals surface area contributed by atoms with Gasteiger partial charge in [-0.1, -0.05) is 63.5 Å². The van der Waals surface area contributed by atoms with Crippen molar-refractivity contribution in [2.45, 2.75) is 96.4 Å². The summed E-state index contributed by atoms with van der Waals surface area (Å²) in [6.45, 7) is 5.88. The fraction of sp³-hybridized carbons (Fsp3) is 0.692. The maximum absolute atomic E-state index is 3.36. The second-order valence-electron chi connectivity index (χ2n) is 9.10. The van der Waals surface area contributed by atoms with E-state index < -0.39 is 0 Å². The molecule has 0 amide bonds. The van der Waals surface area contributed by atoms with Crippen molar-refractivity contribution >= 4 is 0 Å². The summed E-state index contributed by atoms with van der Waals surface area (Å²) in [6, 6.07) is 10.00. The summed E-state index contributed by atoms with van der Waals surface area (Å²) >= 11 is 0. The van der Waals surface area contributed by atoms with Gasteiger partial charge in [0.05, 0.1) is 26.7 Å². The Balaban J connectivity index is 1.78. The van der Waals surface area contributed by atoms with Crippen LogP contribution in [0.15, 0.2) is 24.3 Å². The topological polar surface area (TPSA) is 0 Å². The Labute approximate surface area is 169 Å². The molecule has 150 valence electrons. The van der Waals surface area contributed by atoms with Crippen LogP contribution < -0.4 is 0 Å². The van der Waals surface area contributed by atoms with Crippen LogP contribution in [0.25, 0.3) is 0 Å². The molecule has 27 heavy (non-hydrogen) atoms. The normalized spacial score (nSPS) is 20.1. The maximum Gasteiger partial charge on any atom is 0.0886 e. The van der Waals surface area contributed by atoms with Gasteiger partial charge < -0.3 is 4.48 Å². The van der Waals surface area contributed by atoms with Crippen LogP contribution in [0.1, 0.15) is 102 Å². The van der Waals surface area contributed by atoms with Crippen molar-refractivity contribution in [2.75, 3.05) is 20.6 Å². The van der Waals surface area contributed by atoms with Gasteiger partial charge in [0.2, 0.25) is 0 Å². The Morgan fingerprint density at radius 1 is 0.852 bits per heavy atom. The molecule has 1 aliphatic carbocycles. The SMILES string of the molecule is CCCCCCCC#Cc1ccc(C2CCC([N+](C)(C)CCC)CC2)cc1. The average Bonchev–Trinajstić information content (AvgIpc) is 2.68. The highest BCUT2D eigenvalue weighted by Gasteiger charge is 2.32. The molecule has 1 fully saturated rings. The number of hydrogen-bond acceptors (Lipinski definition) is 0. The van der Waals surface area contributed by atoms with E-state index in [0.29, 0.717) is 0 Å². The third-order valence-corrected chi connectivity index (χ3v) is 6.51. The lowest BCUT2D eigenvalue weighted by atomic mass is 9.80. The first-order valence-corrected chi connectivity index (χ1v) is 11.5. The van der Waals surface area contributed by atoms with Crippen LogP contribution in [-0.4, -0.2) is 31.2 Å². The predicted molar refractivity (Wildman–Crippen MR) is 119 cm³/mol. The monoisotopic (exact) mass is 368 g/mol. The van der Waals surface area contributed by atoms with Gasteiger partial charge >= 0.3 is 0 Å². The molecule has 2 rings (SSSR count). The van der Waals surface area contributed by atoms with Crippen LogP contribution >= 0.6 is 0 Å². The molecule has 1 nitrogen and oxygen atoms in total. The van der Waals surface area contributed by atoms with E-state index in [1.54, 1.807) is 0 Å². The molecule has 1 aliphatic rings. The lowest BCUT2D eigenvalue weighted by Crippen LogP contribution is -2.50. The summed E-state index contributed by atoms with van der Waals surface area (Å²) in [5, 5.41) is 0. The molecule has 1 aromatic rings. The van der Waals surface area contributed by atoms with Crippen LogP contribution in [0, 0.1) is 11.8 Å². The van der Waals surface area contributed by atoms with Crippen molar-refractivity contribution in [1.29, 1.82) is 0 Å². The third kappa shape index (κ3) is 7.34. The van der Waals surface area contributed by atoms with Crippen LogP contribution in [0.3, 0.4) is 0 Å². The van der Waals surface area contributed by atoms with Crippen molar-refractivity contribution in [2.24, 2.45) is 0 Å². The van der Waals surface area contributed by atoms with E-state index in [4.69, 9.17) is 0 Å². The Morgan fingerprint density at radius 2 is 1.52 bits per heavy atom. The fourth-order valence-electron chi connectivity index (χ4n) is 4.69. The predicted octanol–water partition coefficient (Wildman–Crippen LogP) is 6.91. The van der Waals surface area contributed by atoms with Crippen LogP contribution in [-0.2, 0) is 0 Å². The Kier molecular flexibility index (Phi) is 9.43. The van der Waals surface area contributed by atoms with E-state index in [-0.39, 0.29) is 0 Å². The van der Waals surface area contributed by atoms with Crippen molar-refractivity contribution in [3.63, 3.8) is 0 Å². The molecule has 0 bridgehead atoms. The first-order valence-electron chi connectivity index (χ1n) is 11.5. The zero-order chi connectivity index (χ0) is 19.5. The average molecular weight is 369 g/mol. The highest BCUT2D eigenvalue weighted by molar-refractivity contribution is 5.37. The molecule has 0 unspecified atom stereocenters. The van der Waals surface area contributed by atoms with E-state index in [9.17, 15) is 0 Å². The summed E-state index contributed by atoms with van der Waals surface area (Å²) in [5.74, 6) is 7.47. The van der Waals surface area contributed by atoms with Crippen molar-refractivity contribution in [3.05, 3.63) is 35.4 Å². The molecule has 0 aliphatic heterocycles. The molecular formula is C26H42N+. The number of hydrogen-bond donors (Lipinski definition) is 0. The Morgan fingerprint density at radius 3 is 2.15 bits per heavy atom. The van der Waals surface area contributed by atoms with E-state index in [0.717, 1.165) is 18.4 Å². The number of nitrogens with zero attached hydrogens (tertiary/aromatic N) is 1. The van der Waals surface area contributed by atoms with E-state index in [1.807, 2.05) is 0 Å². The van der Waals surface area contributed by atoms with Crippen LogP contribution in [0.2, 0.25) is 0 Å². The molecule has 0 saturated heterocycles. The lowest BCUT2D eigenvalue weighted by Gasteiger charge is -2.41. The maximum atomic E-state index is 3.36. The molecule has 0 spiro atoms. The highest BCUT2D eigenvalue weighted by Crippen LogP contribution is 2.36. The van der Waals surface area contributed by atoms with Crippen molar-refractivity contribution in [1.82, 2.24) is 0 Å². The minimum atomic E-state index is 0.753. The molecule has 0 atom stereocenters. The zero-order valence-electron chi connectivity index (χ0n) is 18.4. The van der Waals surface area contributed by atoms with Crippen LogP contribution in [0.4, 0.5) is 0 Å². The van der Waals surface area contributed by atoms with Gasteiger partial charge in [-0.2, -0.15) is 0 Å². The second kappa shape index (κ2) is 11.6. The molecule has 1 aromatic carbocycles. The number of quaternary nitrogens is 1. The molecule has 0 N–H and O–H groups in total. The second-order valence-corrected chi connectivity index (χ2v) is 9.10. The van der Waals surface area contributed by atoms with Gasteiger partial charge in [0.25, 0.3) is 0 Å². The summed E-state index contributed by atoms with van der Waals surface area (Å²) in [7, 11) is 4.84. The Hall–Kier alpha value is -1.26. The smallest absolute Gasteiger partial charge is 0.0886 e.